The van der Waals surface area contributed by atoms with E-state index < -0.39 is 0 Å². The summed E-state index contributed by atoms with van der Waals surface area (Å²) in [5, 5.41) is 0.916. The van der Waals surface area contributed by atoms with Crippen molar-refractivity contribution in [2.24, 2.45) is 0 Å². The van der Waals surface area contributed by atoms with Gasteiger partial charge in [-0.05, 0) is 36.6 Å². The molecule has 0 N–H and O–H groups in total. The van der Waals surface area contributed by atoms with Crippen LogP contribution in [0.15, 0.2) is 30.3 Å². The highest BCUT2D eigenvalue weighted by Crippen LogP contribution is 2.37. The van der Waals surface area contributed by atoms with Crippen LogP contribution < -0.4 is 4.90 Å². The van der Waals surface area contributed by atoms with Crippen LogP contribution in [0.5, 0.6) is 0 Å². The van der Waals surface area contributed by atoms with E-state index in [0.717, 1.165) is 16.5 Å². The Bertz CT molecular complexity index is 1150. The molecule has 1 aliphatic rings. The molecular weight excluding hydrogens is 464 g/mol. The molecule has 1 aromatic carbocycles. The Labute approximate surface area is 201 Å². The number of halogens is 1. The highest BCUT2D eigenvalue weighted by atomic mass is 35.5. The van der Waals surface area contributed by atoms with Gasteiger partial charge in [-0.3, -0.25) is 0 Å². The maximum Gasteiger partial charge on any atom is 0.409 e. The molecule has 0 unspecified atom stereocenters. The summed E-state index contributed by atoms with van der Waals surface area (Å²) in [5.41, 5.74) is 1.89. The van der Waals surface area contributed by atoms with Gasteiger partial charge >= 0.3 is 12.1 Å². The van der Waals surface area contributed by atoms with E-state index in [1.807, 2.05) is 37.3 Å². The van der Waals surface area contributed by atoms with Crippen LogP contribution in [0, 0.1) is 6.92 Å². The monoisotopic (exact) mass is 488 g/mol. The Balaban J connectivity index is 1.51. The van der Waals surface area contributed by atoms with Crippen LogP contribution in [-0.2, 0) is 15.9 Å². The molecule has 0 radical (unpaired) electrons. The zero-order valence-electron chi connectivity index (χ0n) is 18.5. The molecule has 8 nitrogen and oxygen atoms in total. The molecule has 1 amide bonds. The minimum absolute atomic E-state index is 0.121. The number of aryl methyl sites for hydroxylation is 1. The highest BCUT2D eigenvalue weighted by Gasteiger charge is 2.27. The summed E-state index contributed by atoms with van der Waals surface area (Å²) in [6, 6.07) is 9.89. The van der Waals surface area contributed by atoms with E-state index in [4.69, 9.17) is 21.1 Å². The molecule has 3 aromatic rings. The highest BCUT2D eigenvalue weighted by molar-refractivity contribution is 7.20. The van der Waals surface area contributed by atoms with E-state index in [2.05, 4.69) is 14.9 Å². The number of esters is 1. The third kappa shape index (κ3) is 5.20. The van der Waals surface area contributed by atoms with Gasteiger partial charge in [0.2, 0.25) is 5.28 Å². The first-order valence-corrected chi connectivity index (χ1v) is 12.0. The van der Waals surface area contributed by atoms with Crippen molar-refractivity contribution in [3.63, 3.8) is 0 Å². The molecule has 0 atom stereocenters. The van der Waals surface area contributed by atoms with Gasteiger partial charge < -0.3 is 19.3 Å². The van der Waals surface area contributed by atoms with E-state index in [0.29, 0.717) is 61.3 Å². The first kappa shape index (κ1) is 23.3. The molecule has 33 heavy (non-hydrogen) atoms. The Morgan fingerprint density at radius 3 is 2.52 bits per heavy atom. The van der Waals surface area contributed by atoms with Crippen molar-refractivity contribution in [3.05, 3.63) is 51.6 Å². The number of hydrogen-bond acceptors (Lipinski definition) is 8. The van der Waals surface area contributed by atoms with Crippen molar-refractivity contribution in [1.82, 2.24) is 14.9 Å². The Hall–Kier alpha value is -2.91. The topological polar surface area (TPSA) is 84.9 Å². The number of piperazine rings is 1. The van der Waals surface area contributed by atoms with Crippen LogP contribution in [-0.4, -0.2) is 66.3 Å². The number of nitrogens with zero attached hydrogens (tertiary/aromatic N) is 4. The summed E-state index contributed by atoms with van der Waals surface area (Å²) >= 11 is 7.47. The van der Waals surface area contributed by atoms with Gasteiger partial charge in [-0.2, -0.15) is 4.98 Å². The molecule has 0 spiro atoms. The lowest BCUT2D eigenvalue weighted by molar-refractivity contribution is 0.0514. The van der Waals surface area contributed by atoms with Crippen LogP contribution in [0.25, 0.3) is 10.2 Å². The predicted molar refractivity (Wildman–Crippen MR) is 128 cm³/mol. The number of amides is 1. The molecule has 1 fully saturated rings. The number of thiophene rings is 1. The molecule has 0 aliphatic carbocycles. The Kier molecular flexibility index (Phi) is 7.29. The SMILES string of the molecule is CCOC(=O)N1CCN(c2nc(Cl)nc3sc(C(=O)OCCc4ccccc4)c(C)c23)CC1. The van der Waals surface area contributed by atoms with Gasteiger partial charge in [0.05, 0.1) is 18.6 Å². The van der Waals surface area contributed by atoms with Crippen molar-refractivity contribution in [3.8, 4) is 0 Å². The summed E-state index contributed by atoms with van der Waals surface area (Å²) in [4.78, 5) is 38.5. The van der Waals surface area contributed by atoms with Gasteiger partial charge in [-0.1, -0.05) is 30.3 Å². The molecule has 174 valence electrons. The molecule has 0 saturated carbocycles. The first-order valence-electron chi connectivity index (χ1n) is 10.8. The Morgan fingerprint density at radius 1 is 1.09 bits per heavy atom. The number of carbonyl (C=O) groups excluding carboxylic acids is 2. The second-order valence-electron chi connectivity index (χ2n) is 7.60. The summed E-state index contributed by atoms with van der Waals surface area (Å²) in [7, 11) is 0. The summed E-state index contributed by atoms with van der Waals surface area (Å²) in [6.07, 6.45) is 0.341. The number of aromatic nitrogens is 2. The number of hydrogen-bond donors (Lipinski definition) is 0. The number of anilines is 1. The van der Waals surface area contributed by atoms with Crippen molar-refractivity contribution in [1.29, 1.82) is 0 Å². The maximum absolute atomic E-state index is 12.8. The number of rotatable bonds is 6. The average Bonchev–Trinajstić information content (AvgIpc) is 3.15. The smallest absolute Gasteiger partial charge is 0.409 e. The van der Waals surface area contributed by atoms with E-state index in [1.165, 1.54) is 11.3 Å². The standard InChI is InChI=1S/C23H25ClN4O4S/c1-3-31-23(30)28-12-10-27(11-13-28)19-17-15(2)18(33-20(17)26-22(24)25-19)21(29)32-14-9-16-7-5-4-6-8-16/h4-8H,3,9-14H2,1-2H3. The minimum atomic E-state index is -0.374. The molecule has 4 rings (SSSR count). The van der Waals surface area contributed by atoms with E-state index in [9.17, 15) is 9.59 Å². The Morgan fingerprint density at radius 2 is 1.82 bits per heavy atom. The van der Waals surface area contributed by atoms with Gasteiger partial charge in [0, 0.05) is 32.6 Å². The molecular formula is C23H25ClN4O4S. The zero-order valence-corrected chi connectivity index (χ0v) is 20.1. The second kappa shape index (κ2) is 10.4. The fourth-order valence-electron chi connectivity index (χ4n) is 3.80. The summed E-state index contributed by atoms with van der Waals surface area (Å²) in [5.74, 6) is 0.297. The summed E-state index contributed by atoms with van der Waals surface area (Å²) < 4.78 is 10.6. The summed E-state index contributed by atoms with van der Waals surface area (Å²) in [6.45, 7) is 6.49. The van der Waals surface area contributed by atoms with Crippen molar-refractivity contribution >= 4 is 51.0 Å². The molecule has 2 aromatic heterocycles. The van der Waals surface area contributed by atoms with Crippen molar-refractivity contribution in [2.45, 2.75) is 20.3 Å². The lowest BCUT2D eigenvalue weighted by atomic mass is 10.1. The maximum atomic E-state index is 12.8. The number of fused-ring (bicyclic) bond motifs is 1. The molecule has 10 heteroatoms. The van der Waals surface area contributed by atoms with Crippen LogP contribution >= 0.6 is 22.9 Å². The van der Waals surface area contributed by atoms with Gasteiger partial charge in [0.25, 0.3) is 0 Å². The normalized spacial score (nSPS) is 13.9. The molecule has 3 heterocycles. The third-order valence-electron chi connectivity index (χ3n) is 5.50. The minimum Gasteiger partial charge on any atom is -0.461 e. The average molecular weight is 489 g/mol. The van der Waals surface area contributed by atoms with Gasteiger partial charge in [-0.15, -0.1) is 11.3 Å². The second-order valence-corrected chi connectivity index (χ2v) is 8.93. The quantitative estimate of drug-likeness (QED) is 0.377. The number of benzene rings is 1. The predicted octanol–water partition coefficient (Wildman–Crippen LogP) is 4.33. The van der Waals surface area contributed by atoms with Gasteiger partial charge in [0.1, 0.15) is 15.5 Å². The molecule has 0 bridgehead atoms. The first-order chi connectivity index (χ1) is 16.0. The van der Waals surface area contributed by atoms with Crippen molar-refractivity contribution in [2.75, 3.05) is 44.3 Å². The van der Waals surface area contributed by atoms with Crippen LogP contribution in [0.2, 0.25) is 5.28 Å². The fourth-order valence-corrected chi connectivity index (χ4v) is 5.09. The van der Waals surface area contributed by atoms with E-state index >= 15 is 0 Å². The van der Waals surface area contributed by atoms with Crippen molar-refractivity contribution < 1.29 is 19.1 Å². The van der Waals surface area contributed by atoms with Crippen LogP contribution in [0.1, 0.15) is 27.7 Å². The lowest BCUT2D eigenvalue weighted by Crippen LogP contribution is -2.49. The van der Waals surface area contributed by atoms with Gasteiger partial charge in [0.15, 0.2) is 0 Å². The fraction of sp³-hybridized carbons (Fsp3) is 0.391. The third-order valence-corrected chi connectivity index (χ3v) is 6.84. The number of carbonyl (C=O) groups is 2. The van der Waals surface area contributed by atoms with Crippen LogP contribution in [0.4, 0.5) is 10.6 Å². The zero-order chi connectivity index (χ0) is 23.4. The van der Waals surface area contributed by atoms with Gasteiger partial charge in [-0.25, -0.2) is 14.6 Å². The van der Waals surface area contributed by atoms with E-state index in [-0.39, 0.29) is 17.3 Å². The molecule has 1 aliphatic heterocycles. The number of ether oxygens (including phenoxy) is 2. The largest absolute Gasteiger partial charge is 0.461 e. The lowest BCUT2D eigenvalue weighted by Gasteiger charge is -2.35. The van der Waals surface area contributed by atoms with Crippen LogP contribution in [0.3, 0.4) is 0 Å². The molecule has 1 saturated heterocycles. The van der Waals surface area contributed by atoms with E-state index in [1.54, 1.807) is 11.8 Å².